The Morgan fingerprint density at radius 1 is 1.32 bits per heavy atom. The van der Waals surface area contributed by atoms with Crippen LogP contribution in [-0.2, 0) is 4.79 Å². The van der Waals surface area contributed by atoms with Crippen LogP contribution in [0.5, 0.6) is 5.75 Å². The maximum Gasteiger partial charge on any atom is 0.251 e. The van der Waals surface area contributed by atoms with Gasteiger partial charge in [0.05, 0.1) is 18.0 Å². The summed E-state index contributed by atoms with van der Waals surface area (Å²) in [6, 6.07) is 4.68. The van der Waals surface area contributed by atoms with Crippen molar-refractivity contribution in [1.82, 2.24) is 10.2 Å². The maximum atomic E-state index is 13.3. The van der Waals surface area contributed by atoms with Crippen LogP contribution in [0.25, 0.3) is 0 Å². The first-order valence-corrected chi connectivity index (χ1v) is 11.7. The van der Waals surface area contributed by atoms with Crippen LogP contribution in [0.2, 0.25) is 0 Å². The van der Waals surface area contributed by atoms with Crippen LogP contribution in [0.1, 0.15) is 69.4 Å². The zero-order valence-corrected chi connectivity index (χ0v) is 20.6. The first-order chi connectivity index (χ1) is 15.8. The normalized spacial score (nSPS) is 28.4. The molecule has 180 valence electrons. The van der Waals surface area contributed by atoms with Crippen molar-refractivity contribution in [2.75, 3.05) is 0 Å². The lowest BCUT2D eigenvalue weighted by Crippen LogP contribution is -2.55. The number of carbonyl (C=O) groups is 2. The van der Waals surface area contributed by atoms with Gasteiger partial charge in [0.15, 0.2) is 5.96 Å². The zero-order valence-electron chi connectivity index (χ0n) is 20.6. The van der Waals surface area contributed by atoms with Crippen molar-refractivity contribution in [3.8, 4) is 5.75 Å². The number of allylic oxidation sites excluding steroid dienone is 2. The fourth-order valence-corrected chi connectivity index (χ4v) is 5.33. The summed E-state index contributed by atoms with van der Waals surface area (Å²) < 4.78 is 6.18. The van der Waals surface area contributed by atoms with Gasteiger partial charge in [-0.2, -0.15) is 0 Å². The average Bonchev–Trinajstić information content (AvgIpc) is 3.13. The molecule has 2 amide bonds. The van der Waals surface area contributed by atoms with Crippen molar-refractivity contribution in [2.45, 2.75) is 70.7 Å². The molecule has 0 aromatic heterocycles. The number of ether oxygens (including phenoxy) is 1. The molecule has 7 nitrogen and oxygen atoms in total. The SMILES string of the molecule is C=C/C=C1/CC(C)C(NC(=O)c2ccc3c(c2)C(N2C(=O)CC(C)(C)N=C2N)C(C)(C)O3)C1=C. The number of amides is 2. The Hall–Kier alpha value is -3.35. The Balaban J connectivity index is 1.65. The van der Waals surface area contributed by atoms with Gasteiger partial charge in [-0.05, 0) is 69.4 Å². The highest BCUT2D eigenvalue weighted by molar-refractivity contribution is 6.00. The summed E-state index contributed by atoms with van der Waals surface area (Å²) >= 11 is 0. The van der Waals surface area contributed by atoms with E-state index in [2.05, 4.69) is 30.4 Å². The summed E-state index contributed by atoms with van der Waals surface area (Å²) in [6.45, 7) is 17.6. The van der Waals surface area contributed by atoms with E-state index in [1.165, 1.54) is 4.90 Å². The first-order valence-electron chi connectivity index (χ1n) is 11.7. The van der Waals surface area contributed by atoms with Crippen molar-refractivity contribution in [1.29, 1.82) is 0 Å². The minimum atomic E-state index is -0.743. The number of nitrogens with two attached hydrogens (primary N) is 1. The monoisotopic (exact) mass is 462 g/mol. The fraction of sp³-hybridized carbons (Fsp3) is 0.444. The zero-order chi connectivity index (χ0) is 25.0. The van der Waals surface area contributed by atoms with E-state index in [9.17, 15) is 9.59 Å². The fourth-order valence-electron chi connectivity index (χ4n) is 5.33. The Labute approximate surface area is 201 Å². The van der Waals surface area contributed by atoms with E-state index in [0.29, 0.717) is 11.3 Å². The predicted octanol–water partition coefficient (Wildman–Crippen LogP) is 4.03. The Morgan fingerprint density at radius 2 is 2.03 bits per heavy atom. The number of guanidine groups is 1. The van der Waals surface area contributed by atoms with Crippen molar-refractivity contribution < 1.29 is 14.3 Å². The summed E-state index contributed by atoms with van der Waals surface area (Å²) in [5.74, 6) is 0.726. The van der Waals surface area contributed by atoms with Crippen molar-refractivity contribution >= 4 is 17.8 Å². The Kier molecular flexibility index (Phi) is 5.70. The number of benzene rings is 1. The molecular weight excluding hydrogens is 428 g/mol. The van der Waals surface area contributed by atoms with E-state index < -0.39 is 17.2 Å². The smallest absolute Gasteiger partial charge is 0.251 e. The third-order valence-corrected chi connectivity index (χ3v) is 6.88. The van der Waals surface area contributed by atoms with Crippen molar-refractivity contribution in [3.05, 3.63) is 65.8 Å². The number of carbonyl (C=O) groups excluding carboxylic acids is 2. The summed E-state index contributed by atoms with van der Waals surface area (Å²) in [5.41, 5.74) is 8.24. The second-order valence-corrected chi connectivity index (χ2v) is 10.7. The van der Waals surface area contributed by atoms with Crippen molar-refractivity contribution in [2.24, 2.45) is 16.6 Å². The van der Waals surface area contributed by atoms with E-state index in [4.69, 9.17) is 10.5 Å². The largest absolute Gasteiger partial charge is 0.485 e. The van der Waals surface area contributed by atoms with Gasteiger partial charge in [0.1, 0.15) is 17.4 Å². The van der Waals surface area contributed by atoms with Crippen LogP contribution in [0.4, 0.5) is 0 Å². The van der Waals surface area contributed by atoms with Gasteiger partial charge in [-0.3, -0.25) is 14.5 Å². The highest BCUT2D eigenvalue weighted by Crippen LogP contribution is 2.48. The quantitative estimate of drug-likeness (QED) is 0.706. The second-order valence-electron chi connectivity index (χ2n) is 10.7. The lowest BCUT2D eigenvalue weighted by atomic mass is 9.89. The predicted molar refractivity (Wildman–Crippen MR) is 134 cm³/mol. The average molecular weight is 463 g/mol. The third-order valence-electron chi connectivity index (χ3n) is 6.88. The van der Waals surface area contributed by atoms with Gasteiger partial charge >= 0.3 is 0 Å². The summed E-state index contributed by atoms with van der Waals surface area (Å²) in [4.78, 5) is 32.4. The lowest BCUT2D eigenvalue weighted by Gasteiger charge is -2.40. The molecule has 4 rings (SSSR count). The van der Waals surface area contributed by atoms with Gasteiger partial charge in [0, 0.05) is 11.1 Å². The Morgan fingerprint density at radius 3 is 2.68 bits per heavy atom. The second kappa shape index (κ2) is 8.15. The molecule has 3 atom stereocenters. The van der Waals surface area contributed by atoms with E-state index in [1.807, 2.05) is 33.8 Å². The van der Waals surface area contributed by atoms with Gasteiger partial charge < -0.3 is 15.8 Å². The van der Waals surface area contributed by atoms with Crippen molar-refractivity contribution in [3.63, 3.8) is 0 Å². The third kappa shape index (κ3) is 4.04. The molecule has 34 heavy (non-hydrogen) atoms. The van der Waals surface area contributed by atoms with Gasteiger partial charge in [0.25, 0.3) is 5.91 Å². The molecule has 0 radical (unpaired) electrons. The number of hydrogen-bond acceptors (Lipinski definition) is 5. The Bertz CT molecular complexity index is 1140. The van der Waals surface area contributed by atoms with Crippen LogP contribution in [0, 0.1) is 5.92 Å². The molecule has 0 bridgehead atoms. The topological polar surface area (TPSA) is 97.0 Å². The minimum Gasteiger partial charge on any atom is -0.485 e. The lowest BCUT2D eigenvalue weighted by molar-refractivity contribution is -0.133. The highest BCUT2D eigenvalue weighted by atomic mass is 16.5. The van der Waals surface area contributed by atoms with Gasteiger partial charge in [-0.15, -0.1) is 0 Å². The number of aliphatic imine (C=N–C) groups is 1. The van der Waals surface area contributed by atoms with E-state index >= 15 is 0 Å². The highest BCUT2D eigenvalue weighted by Gasteiger charge is 2.50. The van der Waals surface area contributed by atoms with Crippen LogP contribution in [-0.4, -0.2) is 39.9 Å². The molecule has 1 aromatic carbocycles. The minimum absolute atomic E-state index is 0.112. The molecule has 2 heterocycles. The summed E-state index contributed by atoms with van der Waals surface area (Å²) in [7, 11) is 0. The number of hydrogen-bond donors (Lipinski definition) is 2. The van der Waals surface area contributed by atoms with Crippen LogP contribution >= 0.6 is 0 Å². The van der Waals surface area contributed by atoms with E-state index in [0.717, 1.165) is 23.1 Å². The number of nitrogens with one attached hydrogen (secondary N) is 1. The molecule has 3 N–H and O–H groups in total. The van der Waals surface area contributed by atoms with Crippen LogP contribution in [0.3, 0.4) is 0 Å². The summed E-state index contributed by atoms with van der Waals surface area (Å²) in [5, 5.41) is 3.13. The molecule has 7 heteroatoms. The number of rotatable bonds is 4. The molecule has 3 unspecified atom stereocenters. The first kappa shape index (κ1) is 23.8. The molecule has 1 saturated carbocycles. The molecule has 2 aliphatic heterocycles. The maximum absolute atomic E-state index is 13.3. The van der Waals surface area contributed by atoms with Crippen LogP contribution in [0.15, 0.2) is 59.6 Å². The van der Waals surface area contributed by atoms with Gasteiger partial charge in [-0.1, -0.05) is 32.2 Å². The van der Waals surface area contributed by atoms with E-state index in [1.54, 1.807) is 24.3 Å². The molecule has 0 spiro atoms. The molecule has 1 aromatic rings. The summed E-state index contributed by atoms with van der Waals surface area (Å²) in [6.07, 6.45) is 4.79. The van der Waals surface area contributed by atoms with Gasteiger partial charge in [-0.25, -0.2) is 4.99 Å². The molecule has 1 aliphatic carbocycles. The standard InChI is InChI=1S/C27H34N4O3/c1-8-9-17-12-15(2)22(16(17)3)29-24(33)18-10-11-20-19(13-18)23(27(6,7)34-20)31-21(32)14-26(4,5)30-25(31)28/h8-11,13,15,22-23H,1,3,12,14H2,2,4-7H3,(H2,28,30)(H,29,33)/b17-9-. The molecule has 3 aliphatic rings. The number of fused-ring (bicyclic) bond motifs is 1. The molecular formula is C27H34N4O3. The van der Waals surface area contributed by atoms with E-state index in [-0.39, 0.29) is 36.2 Å². The van der Waals surface area contributed by atoms with Gasteiger partial charge in [0.2, 0.25) is 5.91 Å². The number of nitrogens with zero attached hydrogens (tertiary/aromatic N) is 2. The van der Waals surface area contributed by atoms with Crippen LogP contribution < -0.4 is 15.8 Å². The molecule has 0 saturated heterocycles. The molecule has 1 fully saturated rings.